The van der Waals surface area contributed by atoms with Crippen LogP contribution in [0.5, 0.6) is 0 Å². The second kappa shape index (κ2) is 6.06. The molecule has 1 saturated carbocycles. The summed E-state index contributed by atoms with van der Waals surface area (Å²) in [5.74, 6) is 0. The predicted octanol–water partition coefficient (Wildman–Crippen LogP) is 2.01. The number of benzene rings is 1. The first-order valence-electron chi connectivity index (χ1n) is 6.46. The number of hydrogen-bond acceptors (Lipinski definition) is 3. The Kier molecular flexibility index (Phi) is 4.42. The molecule has 0 unspecified atom stereocenters. The van der Waals surface area contributed by atoms with Crippen LogP contribution in [0.4, 0.5) is 4.79 Å². The van der Waals surface area contributed by atoms with Gasteiger partial charge >= 0.3 is 6.03 Å². The molecular formula is C13H18N2O3S. The van der Waals surface area contributed by atoms with E-state index in [0.29, 0.717) is 0 Å². The zero-order chi connectivity index (χ0) is 13.7. The van der Waals surface area contributed by atoms with E-state index in [1.54, 1.807) is 18.2 Å². The summed E-state index contributed by atoms with van der Waals surface area (Å²) in [7, 11) is -3.77. The molecule has 1 aromatic rings. The van der Waals surface area contributed by atoms with Gasteiger partial charge in [-0.15, -0.1) is 0 Å². The summed E-state index contributed by atoms with van der Waals surface area (Å²) < 4.78 is 25.9. The molecule has 0 bridgehead atoms. The Bertz CT molecular complexity index is 522. The van der Waals surface area contributed by atoms with Gasteiger partial charge in [0.15, 0.2) is 0 Å². The fraction of sp³-hybridized carbons (Fsp3) is 0.462. The lowest BCUT2D eigenvalue weighted by atomic mass is 9.96. The summed E-state index contributed by atoms with van der Waals surface area (Å²) in [6.07, 6.45) is 5.17. The van der Waals surface area contributed by atoms with Gasteiger partial charge in [-0.2, -0.15) is 0 Å². The molecule has 1 aliphatic carbocycles. The van der Waals surface area contributed by atoms with Crippen LogP contribution in [0.15, 0.2) is 35.2 Å². The maximum atomic E-state index is 11.9. The normalized spacial score (nSPS) is 16.8. The van der Waals surface area contributed by atoms with Crippen LogP contribution in [-0.2, 0) is 10.0 Å². The Morgan fingerprint density at radius 1 is 1.05 bits per heavy atom. The van der Waals surface area contributed by atoms with E-state index in [4.69, 9.17) is 0 Å². The summed E-state index contributed by atoms with van der Waals surface area (Å²) in [6, 6.07) is 7.31. The largest absolute Gasteiger partial charge is 0.335 e. The molecule has 2 amide bonds. The first-order valence-corrected chi connectivity index (χ1v) is 7.94. The lowest BCUT2D eigenvalue weighted by Gasteiger charge is -2.22. The van der Waals surface area contributed by atoms with Crippen molar-refractivity contribution < 1.29 is 13.2 Å². The first kappa shape index (κ1) is 13.9. The third-order valence-electron chi connectivity index (χ3n) is 3.22. The topological polar surface area (TPSA) is 75.3 Å². The van der Waals surface area contributed by atoms with E-state index in [1.165, 1.54) is 18.6 Å². The van der Waals surface area contributed by atoms with Crippen LogP contribution in [0.25, 0.3) is 0 Å². The minimum Gasteiger partial charge on any atom is -0.335 e. The number of hydrogen-bond donors (Lipinski definition) is 2. The second-order valence-corrected chi connectivity index (χ2v) is 6.41. The Hall–Kier alpha value is -1.56. The lowest BCUT2D eigenvalue weighted by molar-refractivity contribution is 0.237. The van der Waals surface area contributed by atoms with Crippen LogP contribution in [0.2, 0.25) is 0 Å². The molecule has 0 aliphatic heterocycles. The molecule has 1 fully saturated rings. The average Bonchev–Trinajstić information content (AvgIpc) is 2.40. The van der Waals surface area contributed by atoms with Crippen LogP contribution < -0.4 is 10.0 Å². The van der Waals surface area contributed by atoms with Gasteiger partial charge in [-0.1, -0.05) is 37.5 Å². The third kappa shape index (κ3) is 3.96. The number of rotatable bonds is 3. The Morgan fingerprint density at radius 2 is 1.68 bits per heavy atom. The zero-order valence-corrected chi connectivity index (χ0v) is 11.4. The summed E-state index contributed by atoms with van der Waals surface area (Å²) >= 11 is 0. The molecule has 0 radical (unpaired) electrons. The van der Waals surface area contributed by atoms with E-state index < -0.39 is 16.1 Å². The molecule has 0 atom stereocenters. The van der Waals surface area contributed by atoms with Crippen LogP contribution in [-0.4, -0.2) is 20.5 Å². The van der Waals surface area contributed by atoms with E-state index in [1.807, 2.05) is 4.72 Å². The highest BCUT2D eigenvalue weighted by Crippen LogP contribution is 2.17. The van der Waals surface area contributed by atoms with Crippen LogP contribution >= 0.6 is 0 Å². The maximum Gasteiger partial charge on any atom is 0.328 e. The van der Waals surface area contributed by atoms with Gasteiger partial charge in [-0.05, 0) is 25.0 Å². The first-order chi connectivity index (χ1) is 9.08. The zero-order valence-electron chi connectivity index (χ0n) is 10.6. The van der Waals surface area contributed by atoms with E-state index in [-0.39, 0.29) is 10.9 Å². The molecule has 1 aliphatic rings. The van der Waals surface area contributed by atoms with E-state index in [2.05, 4.69) is 5.32 Å². The van der Waals surface area contributed by atoms with Crippen molar-refractivity contribution in [1.29, 1.82) is 0 Å². The number of carbonyl (C=O) groups excluding carboxylic acids is 1. The van der Waals surface area contributed by atoms with Gasteiger partial charge in [-0.25, -0.2) is 17.9 Å². The SMILES string of the molecule is O=C(NC1CCCCC1)NS(=O)(=O)c1ccccc1. The molecule has 2 rings (SSSR count). The molecule has 19 heavy (non-hydrogen) atoms. The van der Waals surface area contributed by atoms with Crippen molar-refractivity contribution in [2.75, 3.05) is 0 Å². The third-order valence-corrected chi connectivity index (χ3v) is 4.57. The molecular weight excluding hydrogens is 264 g/mol. The number of sulfonamides is 1. The van der Waals surface area contributed by atoms with Crippen molar-refractivity contribution in [3.63, 3.8) is 0 Å². The molecule has 0 heterocycles. The number of urea groups is 1. The highest BCUT2D eigenvalue weighted by atomic mass is 32.2. The summed E-state index contributed by atoms with van der Waals surface area (Å²) in [5, 5.41) is 2.72. The summed E-state index contributed by atoms with van der Waals surface area (Å²) in [6.45, 7) is 0. The summed E-state index contributed by atoms with van der Waals surface area (Å²) in [5.41, 5.74) is 0. The number of amides is 2. The monoisotopic (exact) mass is 282 g/mol. The van der Waals surface area contributed by atoms with Crippen molar-refractivity contribution >= 4 is 16.1 Å². The van der Waals surface area contributed by atoms with Gasteiger partial charge in [0.25, 0.3) is 10.0 Å². The average molecular weight is 282 g/mol. The smallest absolute Gasteiger partial charge is 0.328 e. The lowest BCUT2D eigenvalue weighted by Crippen LogP contribution is -2.45. The molecule has 0 spiro atoms. The Balaban J connectivity index is 1.94. The van der Waals surface area contributed by atoms with Crippen molar-refractivity contribution in [3.05, 3.63) is 30.3 Å². The van der Waals surface area contributed by atoms with Crippen molar-refractivity contribution in [3.8, 4) is 0 Å². The highest BCUT2D eigenvalue weighted by molar-refractivity contribution is 7.90. The minimum atomic E-state index is -3.77. The Labute approximate surface area is 113 Å². The fourth-order valence-electron chi connectivity index (χ4n) is 2.24. The van der Waals surface area contributed by atoms with E-state index >= 15 is 0 Å². The van der Waals surface area contributed by atoms with E-state index in [0.717, 1.165) is 25.7 Å². The second-order valence-electron chi connectivity index (χ2n) is 4.73. The molecule has 0 aromatic heterocycles. The van der Waals surface area contributed by atoms with Gasteiger partial charge in [0.2, 0.25) is 0 Å². The van der Waals surface area contributed by atoms with Gasteiger partial charge in [-0.3, -0.25) is 0 Å². The molecule has 0 saturated heterocycles. The van der Waals surface area contributed by atoms with Crippen molar-refractivity contribution in [2.45, 2.75) is 43.0 Å². The standard InChI is InChI=1S/C13H18N2O3S/c16-13(14-11-7-3-1-4-8-11)15-19(17,18)12-9-5-2-6-10-12/h2,5-6,9-11H,1,3-4,7-8H2,(H2,14,15,16). The van der Waals surface area contributed by atoms with Gasteiger partial charge < -0.3 is 5.32 Å². The Morgan fingerprint density at radius 3 is 2.32 bits per heavy atom. The van der Waals surface area contributed by atoms with Crippen LogP contribution in [0, 0.1) is 0 Å². The molecule has 104 valence electrons. The molecule has 6 heteroatoms. The molecule has 1 aromatic carbocycles. The summed E-state index contributed by atoms with van der Waals surface area (Å²) in [4.78, 5) is 11.8. The van der Waals surface area contributed by atoms with Gasteiger partial charge in [0.05, 0.1) is 4.90 Å². The van der Waals surface area contributed by atoms with Crippen molar-refractivity contribution in [2.24, 2.45) is 0 Å². The molecule has 5 nitrogen and oxygen atoms in total. The fourth-order valence-corrected chi connectivity index (χ4v) is 3.18. The van der Waals surface area contributed by atoms with Crippen molar-refractivity contribution in [1.82, 2.24) is 10.0 Å². The minimum absolute atomic E-state index is 0.0831. The predicted molar refractivity (Wildman–Crippen MR) is 72.2 cm³/mol. The van der Waals surface area contributed by atoms with Crippen LogP contribution in [0.1, 0.15) is 32.1 Å². The number of nitrogens with one attached hydrogen (secondary N) is 2. The highest BCUT2D eigenvalue weighted by Gasteiger charge is 2.20. The van der Waals surface area contributed by atoms with Gasteiger partial charge in [0.1, 0.15) is 0 Å². The quantitative estimate of drug-likeness (QED) is 0.890. The van der Waals surface area contributed by atoms with Gasteiger partial charge in [0, 0.05) is 6.04 Å². The molecule has 2 N–H and O–H groups in total. The maximum absolute atomic E-state index is 11.9. The van der Waals surface area contributed by atoms with E-state index in [9.17, 15) is 13.2 Å². The van der Waals surface area contributed by atoms with Crippen LogP contribution in [0.3, 0.4) is 0 Å². The number of carbonyl (C=O) groups is 1.